The fraction of sp³-hybridized carbons (Fsp3) is 0.190. The van der Waals surface area contributed by atoms with Crippen LogP contribution in [0, 0.1) is 0 Å². The van der Waals surface area contributed by atoms with Gasteiger partial charge in [0.25, 0.3) is 0 Å². The zero-order chi connectivity index (χ0) is 18.2. The van der Waals surface area contributed by atoms with Crippen LogP contribution < -0.4 is 4.74 Å². The number of nitrogens with zero attached hydrogens (tertiary/aromatic N) is 3. The number of aromatic nitrogens is 2. The molecule has 0 saturated carbocycles. The van der Waals surface area contributed by atoms with Gasteiger partial charge in [-0.25, -0.2) is 0 Å². The highest BCUT2D eigenvalue weighted by molar-refractivity contribution is 6.32. The van der Waals surface area contributed by atoms with Crippen molar-refractivity contribution in [3.05, 3.63) is 77.3 Å². The van der Waals surface area contributed by atoms with Gasteiger partial charge in [-0.2, -0.15) is 0 Å². The number of fused-ring (bicyclic) bond motifs is 2. The van der Waals surface area contributed by atoms with Gasteiger partial charge in [-0.15, -0.1) is 0 Å². The molecule has 0 spiro atoms. The summed E-state index contributed by atoms with van der Waals surface area (Å²) in [5.74, 6) is 1.62. The van der Waals surface area contributed by atoms with Crippen molar-refractivity contribution in [3.8, 4) is 11.4 Å². The van der Waals surface area contributed by atoms with Gasteiger partial charge >= 0.3 is 0 Å². The molecule has 4 aromatic rings. The number of rotatable bonds is 3. The predicted molar refractivity (Wildman–Crippen MR) is 104 cm³/mol. The molecule has 0 fully saturated rings. The Morgan fingerprint density at radius 1 is 1.11 bits per heavy atom. The summed E-state index contributed by atoms with van der Waals surface area (Å²) in [5, 5.41) is 5.63. The first-order valence-electron chi connectivity index (χ1n) is 8.91. The van der Waals surface area contributed by atoms with Crippen molar-refractivity contribution in [2.45, 2.75) is 13.1 Å². The molecule has 2 aromatic heterocycles. The van der Waals surface area contributed by atoms with Gasteiger partial charge in [0.2, 0.25) is 0 Å². The third kappa shape index (κ3) is 3.09. The molecule has 5 rings (SSSR count). The molecule has 6 heteroatoms. The molecule has 0 radical (unpaired) electrons. The summed E-state index contributed by atoms with van der Waals surface area (Å²) in [6, 6.07) is 16.5. The van der Waals surface area contributed by atoms with Crippen molar-refractivity contribution < 1.29 is 9.26 Å². The van der Waals surface area contributed by atoms with E-state index >= 15 is 0 Å². The van der Waals surface area contributed by atoms with Crippen LogP contribution >= 0.6 is 11.6 Å². The Labute approximate surface area is 161 Å². The molecule has 5 nitrogen and oxygen atoms in total. The minimum atomic E-state index is 0.590. The molecule has 3 heterocycles. The standard InChI is InChI=1S/C21H18ClN3O2/c22-19-12-17(25-8-6-15-3-1-2-4-20(15)25)11-16-13-24(9-10-26-21(16)19)14-18-5-7-23-27-18/h1-8,11-12H,9-10,13-14H2. The molecule has 0 bridgehead atoms. The van der Waals surface area contributed by atoms with Crippen molar-refractivity contribution in [1.29, 1.82) is 0 Å². The van der Waals surface area contributed by atoms with E-state index in [-0.39, 0.29) is 0 Å². The topological polar surface area (TPSA) is 43.4 Å². The van der Waals surface area contributed by atoms with Crippen LogP contribution in [-0.2, 0) is 13.1 Å². The second-order valence-corrected chi connectivity index (χ2v) is 7.11. The highest BCUT2D eigenvalue weighted by atomic mass is 35.5. The second kappa shape index (κ2) is 6.76. The summed E-state index contributed by atoms with van der Waals surface area (Å²) in [4.78, 5) is 2.28. The van der Waals surface area contributed by atoms with E-state index in [1.54, 1.807) is 6.20 Å². The lowest BCUT2D eigenvalue weighted by Crippen LogP contribution is -2.25. The molecule has 0 aliphatic carbocycles. The van der Waals surface area contributed by atoms with Gasteiger partial charge < -0.3 is 13.8 Å². The summed E-state index contributed by atoms with van der Waals surface area (Å²) in [7, 11) is 0. The zero-order valence-electron chi connectivity index (χ0n) is 14.6. The Morgan fingerprint density at radius 3 is 2.93 bits per heavy atom. The molecular weight excluding hydrogens is 362 g/mol. The summed E-state index contributed by atoms with van der Waals surface area (Å²) >= 11 is 6.59. The van der Waals surface area contributed by atoms with Crippen LogP contribution in [0.5, 0.6) is 5.75 Å². The first kappa shape index (κ1) is 16.4. The van der Waals surface area contributed by atoms with Crippen molar-refractivity contribution in [3.63, 3.8) is 0 Å². The summed E-state index contributed by atoms with van der Waals surface area (Å²) in [6.07, 6.45) is 3.75. The average molecular weight is 380 g/mol. The van der Waals surface area contributed by atoms with Crippen LogP contribution in [0.2, 0.25) is 5.02 Å². The molecule has 0 unspecified atom stereocenters. The maximum absolute atomic E-state index is 6.59. The molecule has 136 valence electrons. The van der Waals surface area contributed by atoms with E-state index < -0.39 is 0 Å². The van der Waals surface area contributed by atoms with E-state index in [4.69, 9.17) is 20.9 Å². The van der Waals surface area contributed by atoms with Gasteiger partial charge in [-0.1, -0.05) is 35.0 Å². The maximum Gasteiger partial charge on any atom is 0.150 e. The highest BCUT2D eigenvalue weighted by Crippen LogP contribution is 2.35. The van der Waals surface area contributed by atoms with Gasteiger partial charge in [-0.3, -0.25) is 4.90 Å². The maximum atomic E-state index is 6.59. The van der Waals surface area contributed by atoms with Crippen molar-refractivity contribution in [2.24, 2.45) is 0 Å². The van der Waals surface area contributed by atoms with Crippen LogP contribution in [-0.4, -0.2) is 27.8 Å². The Bertz CT molecular complexity index is 1090. The Balaban J connectivity index is 1.53. The summed E-state index contributed by atoms with van der Waals surface area (Å²) in [5.41, 5.74) is 3.26. The number of hydrogen-bond acceptors (Lipinski definition) is 4. The molecule has 2 aromatic carbocycles. The van der Waals surface area contributed by atoms with Crippen molar-refractivity contribution in [1.82, 2.24) is 14.6 Å². The smallest absolute Gasteiger partial charge is 0.150 e. The van der Waals surface area contributed by atoms with Crippen LogP contribution in [0.1, 0.15) is 11.3 Å². The number of benzene rings is 2. The minimum absolute atomic E-state index is 0.590. The Kier molecular flexibility index (Phi) is 4.11. The largest absolute Gasteiger partial charge is 0.490 e. The molecule has 0 N–H and O–H groups in total. The third-order valence-corrected chi connectivity index (χ3v) is 5.18. The summed E-state index contributed by atoms with van der Waals surface area (Å²) < 4.78 is 13.4. The first-order valence-corrected chi connectivity index (χ1v) is 9.29. The van der Waals surface area contributed by atoms with Crippen LogP contribution in [0.25, 0.3) is 16.6 Å². The van der Waals surface area contributed by atoms with E-state index in [0.717, 1.165) is 41.4 Å². The fourth-order valence-corrected chi connectivity index (χ4v) is 3.92. The first-order chi connectivity index (χ1) is 13.3. The molecule has 0 atom stereocenters. The van der Waals surface area contributed by atoms with Crippen LogP contribution in [0.4, 0.5) is 0 Å². The number of hydrogen-bond donors (Lipinski definition) is 0. The molecule has 0 amide bonds. The van der Waals surface area contributed by atoms with Gasteiger partial charge in [0.05, 0.1) is 23.3 Å². The van der Waals surface area contributed by atoms with Gasteiger partial charge in [0.1, 0.15) is 12.4 Å². The van der Waals surface area contributed by atoms with Crippen molar-refractivity contribution in [2.75, 3.05) is 13.2 Å². The quantitative estimate of drug-likeness (QED) is 0.519. The number of halogens is 1. The lowest BCUT2D eigenvalue weighted by atomic mass is 10.1. The number of ether oxygens (including phenoxy) is 1. The molecular formula is C21H18ClN3O2. The molecule has 1 aliphatic rings. The molecule has 27 heavy (non-hydrogen) atoms. The molecule has 0 saturated heterocycles. The van der Waals surface area contributed by atoms with E-state index in [2.05, 4.69) is 45.1 Å². The van der Waals surface area contributed by atoms with Gasteiger partial charge in [0, 0.05) is 36.6 Å². The van der Waals surface area contributed by atoms with Gasteiger partial charge in [0.15, 0.2) is 5.76 Å². The normalized spacial score (nSPS) is 14.7. The highest BCUT2D eigenvalue weighted by Gasteiger charge is 2.20. The fourth-order valence-electron chi connectivity index (χ4n) is 3.64. The predicted octanol–water partition coefficient (Wildman–Crippen LogP) is 4.67. The number of para-hydroxylation sites is 1. The lowest BCUT2D eigenvalue weighted by molar-refractivity contribution is 0.199. The SMILES string of the molecule is Clc1cc(-n2ccc3ccccc32)cc2c1OCCN(Cc1ccno1)C2. The van der Waals surface area contributed by atoms with E-state index in [0.29, 0.717) is 18.2 Å². The van der Waals surface area contributed by atoms with Crippen LogP contribution in [0.15, 0.2) is 65.4 Å². The summed E-state index contributed by atoms with van der Waals surface area (Å²) in [6.45, 7) is 2.82. The van der Waals surface area contributed by atoms with Crippen LogP contribution in [0.3, 0.4) is 0 Å². The monoisotopic (exact) mass is 379 g/mol. The third-order valence-electron chi connectivity index (χ3n) is 4.90. The van der Waals surface area contributed by atoms with E-state index in [9.17, 15) is 0 Å². The second-order valence-electron chi connectivity index (χ2n) is 6.70. The average Bonchev–Trinajstić information content (AvgIpc) is 3.28. The van der Waals surface area contributed by atoms with Gasteiger partial charge in [-0.05, 0) is 29.7 Å². The Hall–Kier alpha value is -2.76. The van der Waals surface area contributed by atoms with E-state index in [1.807, 2.05) is 24.3 Å². The Morgan fingerprint density at radius 2 is 2.04 bits per heavy atom. The lowest BCUT2D eigenvalue weighted by Gasteiger charge is -2.18. The van der Waals surface area contributed by atoms with E-state index in [1.165, 1.54) is 5.39 Å². The van der Waals surface area contributed by atoms with Crippen molar-refractivity contribution >= 4 is 22.5 Å². The zero-order valence-corrected chi connectivity index (χ0v) is 15.4. The minimum Gasteiger partial charge on any atom is -0.490 e. The molecule has 1 aliphatic heterocycles.